The smallest absolute Gasteiger partial charge is 0.261 e. The topological polar surface area (TPSA) is 43.4 Å². The molecule has 1 aromatic rings. The van der Waals surface area contributed by atoms with Crippen LogP contribution in [0.15, 0.2) is 17.0 Å². The first-order valence-electron chi connectivity index (χ1n) is 4.55. The first kappa shape index (κ1) is 12.3. The fourth-order valence-electron chi connectivity index (χ4n) is 1.55. The van der Waals surface area contributed by atoms with E-state index in [1.54, 1.807) is 26.0 Å². The van der Waals surface area contributed by atoms with Gasteiger partial charge in [0, 0.05) is 10.7 Å². The van der Waals surface area contributed by atoms with E-state index in [4.69, 9.17) is 15.4 Å². The van der Waals surface area contributed by atoms with Crippen LogP contribution >= 0.6 is 10.7 Å². The summed E-state index contributed by atoms with van der Waals surface area (Å²) < 4.78 is 27.8. The van der Waals surface area contributed by atoms with Crippen LogP contribution in [0.1, 0.15) is 18.1 Å². The Morgan fingerprint density at radius 2 is 1.73 bits per heavy atom. The van der Waals surface area contributed by atoms with Gasteiger partial charge in [-0.2, -0.15) is 0 Å². The lowest BCUT2D eigenvalue weighted by Crippen LogP contribution is -2.00. The van der Waals surface area contributed by atoms with Gasteiger partial charge in [-0.15, -0.1) is 0 Å². The van der Waals surface area contributed by atoms with Crippen molar-refractivity contribution in [3.05, 3.63) is 23.3 Å². The van der Waals surface area contributed by atoms with Crippen molar-refractivity contribution in [1.82, 2.24) is 0 Å². The van der Waals surface area contributed by atoms with Crippen LogP contribution in [0.3, 0.4) is 0 Å². The highest BCUT2D eigenvalue weighted by Gasteiger charge is 2.17. The Labute approximate surface area is 94.4 Å². The second-order valence-electron chi connectivity index (χ2n) is 3.26. The molecular weight excluding hydrogens is 236 g/mol. The number of halogens is 1. The molecule has 1 rings (SSSR count). The molecule has 0 heterocycles. The van der Waals surface area contributed by atoms with E-state index in [0.717, 1.165) is 0 Å². The molecule has 5 heteroatoms. The average Bonchev–Trinajstić information content (AvgIpc) is 1.99. The standard InChI is InChI=1S/C10H13ClO3S/c1-4-14-9-5-7(2)10(8(3)6-9)15(11,12)13/h5-6H,4H2,1-3H3. The van der Waals surface area contributed by atoms with Crippen LogP contribution < -0.4 is 4.74 Å². The molecule has 0 spiro atoms. The minimum atomic E-state index is -3.68. The van der Waals surface area contributed by atoms with Gasteiger partial charge in [0.05, 0.1) is 11.5 Å². The fourth-order valence-corrected chi connectivity index (χ4v) is 3.16. The summed E-state index contributed by atoms with van der Waals surface area (Å²) in [5.41, 5.74) is 1.21. The maximum absolute atomic E-state index is 11.3. The predicted octanol–water partition coefficient (Wildman–Crippen LogP) is 2.63. The van der Waals surface area contributed by atoms with Crippen molar-refractivity contribution < 1.29 is 13.2 Å². The summed E-state index contributed by atoms with van der Waals surface area (Å²) >= 11 is 0. The summed E-state index contributed by atoms with van der Waals surface area (Å²) in [5.74, 6) is 0.663. The average molecular weight is 249 g/mol. The molecule has 1 aromatic carbocycles. The molecule has 0 saturated carbocycles. The van der Waals surface area contributed by atoms with E-state index in [1.165, 1.54) is 0 Å². The molecule has 15 heavy (non-hydrogen) atoms. The van der Waals surface area contributed by atoms with Crippen molar-refractivity contribution >= 4 is 19.7 Å². The molecular formula is C10H13ClO3S. The SMILES string of the molecule is CCOc1cc(C)c(S(=O)(=O)Cl)c(C)c1. The Bertz CT molecular complexity index is 443. The van der Waals surface area contributed by atoms with E-state index in [0.29, 0.717) is 23.5 Å². The maximum Gasteiger partial charge on any atom is 0.261 e. The van der Waals surface area contributed by atoms with Crippen molar-refractivity contribution in [2.75, 3.05) is 6.61 Å². The van der Waals surface area contributed by atoms with Crippen molar-refractivity contribution in [1.29, 1.82) is 0 Å². The van der Waals surface area contributed by atoms with Crippen LogP contribution in [0.5, 0.6) is 5.75 Å². The van der Waals surface area contributed by atoms with Crippen LogP contribution in [0.4, 0.5) is 0 Å². The van der Waals surface area contributed by atoms with Gasteiger partial charge in [-0.05, 0) is 44.0 Å². The number of rotatable bonds is 3. The van der Waals surface area contributed by atoms with Gasteiger partial charge < -0.3 is 4.74 Å². The number of hydrogen-bond acceptors (Lipinski definition) is 3. The molecule has 0 aliphatic carbocycles. The third-order valence-corrected chi connectivity index (χ3v) is 3.58. The van der Waals surface area contributed by atoms with Crippen LogP contribution in [0, 0.1) is 13.8 Å². The molecule has 0 saturated heterocycles. The van der Waals surface area contributed by atoms with Gasteiger partial charge in [0.15, 0.2) is 0 Å². The van der Waals surface area contributed by atoms with Crippen LogP contribution in [0.25, 0.3) is 0 Å². The van der Waals surface area contributed by atoms with E-state index in [9.17, 15) is 8.42 Å². The summed E-state index contributed by atoms with van der Waals surface area (Å²) in [7, 11) is 1.65. The lowest BCUT2D eigenvalue weighted by atomic mass is 10.1. The molecule has 84 valence electrons. The minimum Gasteiger partial charge on any atom is -0.494 e. The van der Waals surface area contributed by atoms with Gasteiger partial charge in [-0.25, -0.2) is 8.42 Å². The zero-order valence-electron chi connectivity index (χ0n) is 8.87. The minimum absolute atomic E-state index is 0.174. The van der Waals surface area contributed by atoms with Crippen LogP contribution in [-0.4, -0.2) is 15.0 Å². The van der Waals surface area contributed by atoms with Crippen molar-refractivity contribution in [3.8, 4) is 5.75 Å². The van der Waals surface area contributed by atoms with Crippen molar-refractivity contribution in [2.24, 2.45) is 0 Å². The maximum atomic E-state index is 11.3. The highest BCUT2D eigenvalue weighted by atomic mass is 35.7. The van der Waals surface area contributed by atoms with E-state index < -0.39 is 9.05 Å². The summed E-state index contributed by atoms with van der Waals surface area (Å²) in [6.07, 6.45) is 0. The molecule has 0 N–H and O–H groups in total. The zero-order valence-corrected chi connectivity index (χ0v) is 10.4. The highest BCUT2D eigenvalue weighted by Crippen LogP contribution is 2.28. The lowest BCUT2D eigenvalue weighted by molar-refractivity contribution is 0.339. The van der Waals surface area contributed by atoms with E-state index in [2.05, 4.69) is 0 Å². The molecule has 0 atom stereocenters. The number of hydrogen-bond donors (Lipinski definition) is 0. The Balaban J connectivity index is 3.34. The van der Waals surface area contributed by atoms with Crippen molar-refractivity contribution in [3.63, 3.8) is 0 Å². The van der Waals surface area contributed by atoms with Crippen LogP contribution in [-0.2, 0) is 9.05 Å². The highest BCUT2D eigenvalue weighted by molar-refractivity contribution is 8.13. The quantitative estimate of drug-likeness (QED) is 0.773. The number of ether oxygens (including phenoxy) is 1. The van der Waals surface area contributed by atoms with Gasteiger partial charge in [0.1, 0.15) is 5.75 Å². The third kappa shape index (κ3) is 2.86. The Kier molecular flexibility index (Phi) is 3.62. The van der Waals surface area contributed by atoms with Gasteiger partial charge in [0.2, 0.25) is 0 Å². The molecule has 0 bridgehead atoms. The Morgan fingerprint density at radius 3 is 2.07 bits per heavy atom. The number of benzene rings is 1. The van der Waals surface area contributed by atoms with Gasteiger partial charge in [-0.3, -0.25) is 0 Å². The first-order chi connectivity index (χ1) is 6.86. The first-order valence-corrected chi connectivity index (χ1v) is 6.86. The Morgan fingerprint density at radius 1 is 1.27 bits per heavy atom. The molecule has 0 aromatic heterocycles. The second-order valence-corrected chi connectivity index (χ2v) is 5.76. The molecule has 0 unspecified atom stereocenters. The van der Waals surface area contributed by atoms with Crippen LogP contribution in [0.2, 0.25) is 0 Å². The van der Waals surface area contributed by atoms with Crippen molar-refractivity contribution in [2.45, 2.75) is 25.7 Å². The zero-order chi connectivity index (χ0) is 11.6. The van der Waals surface area contributed by atoms with E-state index in [-0.39, 0.29) is 4.90 Å². The monoisotopic (exact) mass is 248 g/mol. The molecule has 0 fully saturated rings. The van der Waals surface area contributed by atoms with Gasteiger partial charge >= 0.3 is 0 Å². The predicted molar refractivity (Wildman–Crippen MR) is 60.1 cm³/mol. The summed E-state index contributed by atoms with van der Waals surface area (Å²) in [5, 5.41) is 0. The summed E-state index contributed by atoms with van der Waals surface area (Å²) in [6.45, 7) is 5.82. The fraction of sp³-hybridized carbons (Fsp3) is 0.400. The molecule has 0 radical (unpaired) electrons. The molecule has 0 aliphatic rings. The largest absolute Gasteiger partial charge is 0.494 e. The normalized spacial score (nSPS) is 11.5. The third-order valence-electron chi connectivity index (χ3n) is 1.99. The summed E-state index contributed by atoms with van der Waals surface area (Å²) in [6, 6.07) is 3.34. The molecule has 0 amide bonds. The van der Waals surface area contributed by atoms with Gasteiger partial charge in [-0.1, -0.05) is 0 Å². The van der Waals surface area contributed by atoms with E-state index in [1.807, 2.05) is 6.92 Å². The van der Waals surface area contributed by atoms with Gasteiger partial charge in [0.25, 0.3) is 9.05 Å². The summed E-state index contributed by atoms with van der Waals surface area (Å²) in [4.78, 5) is 0.174. The second kappa shape index (κ2) is 4.41. The van der Waals surface area contributed by atoms with E-state index >= 15 is 0 Å². The lowest BCUT2D eigenvalue weighted by Gasteiger charge is -2.10. The Hall–Kier alpha value is -0.740. The molecule has 0 aliphatic heterocycles. The number of aryl methyl sites for hydroxylation is 2. The molecule has 3 nitrogen and oxygen atoms in total.